The minimum atomic E-state index is -0.458. The van der Waals surface area contributed by atoms with Crippen molar-refractivity contribution in [3.8, 4) is 0 Å². The third-order valence-corrected chi connectivity index (χ3v) is 4.92. The summed E-state index contributed by atoms with van der Waals surface area (Å²) >= 11 is 0. The molecule has 2 aliphatic heterocycles. The van der Waals surface area contributed by atoms with Crippen molar-refractivity contribution >= 4 is 5.97 Å². The summed E-state index contributed by atoms with van der Waals surface area (Å²) in [5.74, 6) is -0.264. The van der Waals surface area contributed by atoms with Crippen LogP contribution in [0.4, 0.5) is 0 Å². The molecule has 1 fully saturated rings. The van der Waals surface area contributed by atoms with Crippen LogP contribution in [0, 0.1) is 6.92 Å². The van der Waals surface area contributed by atoms with Crippen LogP contribution < -0.4 is 0 Å². The van der Waals surface area contributed by atoms with Gasteiger partial charge in [-0.3, -0.25) is 4.90 Å². The molecular formula is C19H20N2O2. The Morgan fingerprint density at radius 3 is 2.61 bits per heavy atom. The van der Waals surface area contributed by atoms with Crippen LogP contribution in [0.25, 0.3) is 0 Å². The fourth-order valence-electron chi connectivity index (χ4n) is 3.65. The lowest BCUT2D eigenvalue weighted by molar-refractivity contribution is -0.0441. The molecule has 0 amide bonds. The van der Waals surface area contributed by atoms with E-state index >= 15 is 0 Å². The van der Waals surface area contributed by atoms with Gasteiger partial charge < -0.3 is 4.74 Å². The number of aryl methyl sites for hydroxylation is 1. The Morgan fingerprint density at radius 2 is 1.87 bits per heavy atom. The molecule has 0 unspecified atom stereocenters. The summed E-state index contributed by atoms with van der Waals surface area (Å²) in [6, 6.07) is 14.5. The lowest BCUT2D eigenvalue weighted by Crippen LogP contribution is -2.42. The van der Waals surface area contributed by atoms with E-state index in [0.717, 1.165) is 43.7 Å². The van der Waals surface area contributed by atoms with Crippen molar-refractivity contribution in [2.24, 2.45) is 0 Å². The number of ether oxygens (including phenoxy) is 1. The SMILES string of the molecule is Cc1ccc2c(n1)C(=O)OC21CCN(Cc2ccccc2)CC1. The van der Waals surface area contributed by atoms with E-state index in [1.54, 1.807) is 0 Å². The number of fused-ring (bicyclic) bond motifs is 2. The number of esters is 1. The van der Waals surface area contributed by atoms with Gasteiger partial charge in [-0.05, 0) is 18.6 Å². The molecule has 1 aromatic carbocycles. The molecule has 0 atom stereocenters. The first-order chi connectivity index (χ1) is 11.2. The number of nitrogens with zero attached hydrogens (tertiary/aromatic N) is 2. The second-order valence-corrected chi connectivity index (χ2v) is 6.49. The summed E-state index contributed by atoms with van der Waals surface area (Å²) in [6.07, 6.45) is 1.67. The zero-order valence-electron chi connectivity index (χ0n) is 13.3. The van der Waals surface area contributed by atoms with Crippen LogP contribution in [-0.4, -0.2) is 28.9 Å². The number of pyridine rings is 1. The fraction of sp³-hybridized carbons (Fsp3) is 0.368. The summed E-state index contributed by atoms with van der Waals surface area (Å²) in [7, 11) is 0. The van der Waals surface area contributed by atoms with Crippen molar-refractivity contribution in [1.82, 2.24) is 9.88 Å². The Hall–Kier alpha value is -2.20. The van der Waals surface area contributed by atoms with Gasteiger partial charge in [-0.2, -0.15) is 0 Å². The third kappa shape index (κ3) is 2.53. The van der Waals surface area contributed by atoms with Gasteiger partial charge in [-0.1, -0.05) is 36.4 Å². The first-order valence-electron chi connectivity index (χ1n) is 8.14. The van der Waals surface area contributed by atoms with Gasteiger partial charge in [0.1, 0.15) is 5.60 Å². The van der Waals surface area contributed by atoms with Crippen LogP contribution >= 0.6 is 0 Å². The Kier molecular flexibility index (Phi) is 3.42. The summed E-state index contributed by atoms with van der Waals surface area (Å²) in [6.45, 7) is 4.70. The van der Waals surface area contributed by atoms with Crippen molar-refractivity contribution in [2.75, 3.05) is 13.1 Å². The van der Waals surface area contributed by atoms with Gasteiger partial charge in [0.2, 0.25) is 0 Å². The summed E-state index contributed by atoms with van der Waals surface area (Å²) in [5.41, 5.74) is 3.22. The van der Waals surface area contributed by atoms with Crippen LogP contribution in [0.15, 0.2) is 42.5 Å². The van der Waals surface area contributed by atoms with Gasteiger partial charge in [-0.25, -0.2) is 9.78 Å². The van der Waals surface area contributed by atoms with Crippen molar-refractivity contribution < 1.29 is 9.53 Å². The van der Waals surface area contributed by atoms with Crippen molar-refractivity contribution in [3.63, 3.8) is 0 Å². The van der Waals surface area contributed by atoms with E-state index < -0.39 is 5.60 Å². The largest absolute Gasteiger partial charge is 0.449 e. The van der Waals surface area contributed by atoms with Gasteiger partial charge in [0.15, 0.2) is 5.69 Å². The van der Waals surface area contributed by atoms with Crippen LogP contribution in [0.2, 0.25) is 0 Å². The Morgan fingerprint density at radius 1 is 1.13 bits per heavy atom. The zero-order chi connectivity index (χ0) is 15.9. The van der Waals surface area contributed by atoms with Gasteiger partial charge in [0.25, 0.3) is 0 Å². The van der Waals surface area contributed by atoms with Crippen molar-refractivity contribution in [2.45, 2.75) is 31.9 Å². The van der Waals surface area contributed by atoms with Crippen LogP contribution in [0.1, 0.15) is 40.2 Å². The molecule has 0 aliphatic carbocycles. The predicted molar refractivity (Wildman–Crippen MR) is 87.0 cm³/mol. The number of benzene rings is 1. The molecule has 2 aliphatic rings. The maximum Gasteiger partial charge on any atom is 0.358 e. The molecule has 0 saturated carbocycles. The molecule has 4 heteroatoms. The molecule has 0 radical (unpaired) electrons. The van der Waals surface area contributed by atoms with E-state index in [9.17, 15) is 4.79 Å². The summed E-state index contributed by atoms with van der Waals surface area (Å²) < 4.78 is 5.79. The van der Waals surface area contributed by atoms with Gasteiger partial charge in [0, 0.05) is 43.7 Å². The molecule has 118 valence electrons. The molecule has 3 heterocycles. The van der Waals surface area contributed by atoms with E-state index in [1.165, 1.54) is 5.56 Å². The lowest BCUT2D eigenvalue weighted by Gasteiger charge is -2.38. The molecule has 4 rings (SSSR count). The highest BCUT2D eigenvalue weighted by molar-refractivity contribution is 5.92. The Labute approximate surface area is 136 Å². The average Bonchev–Trinajstić information content (AvgIpc) is 2.83. The van der Waals surface area contributed by atoms with Gasteiger partial charge in [-0.15, -0.1) is 0 Å². The number of aromatic nitrogens is 1. The van der Waals surface area contributed by atoms with Crippen LogP contribution in [0.5, 0.6) is 0 Å². The maximum absolute atomic E-state index is 12.2. The second kappa shape index (κ2) is 5.46. The van der Waals surface area contributed by atoms with E-state index in [4.69, 9.17) is 4.74 Å². The minimum absolute atomic E-state index is 0.264. The molecule has 23 heavy (non-hydrogen) atoms. The van der Waals surface area contributed by atoms with Crippen molar-refractivity contribution in [3.05, 3.63) is 65.0 Å². The normalized spacial score (nSPS) is 19.6. The Bertz CT molecular complexity index is 734. The number of rotatable bonds is 2. The summed E-state index contributed by atoms with van der Waals surface area (Å²) in [4.78, 5) is 19.0. The number of piperidine rings is 1. The van der Waals surface area contributed by atoms with E-state index in [2.05, 4.69) is 34.1 Å². The fourth-order valence-corrected chi connectivity index (χ4v) is 3.65. The highest BCUT2D eigenvalue weighted by Crippen LogP contribution is 2.43. The smallest absolute Gasteiger partial charge is 0.358 e. The molecule has 1 spiro atoms. The highest BCUT2D eigenvalue weighted by Gasteiger charge is 2.48. The lowest BCUT2D eigenvalue weighted by atomic mass is 9.84. The number of likely N-dealkylation sites (tertiary alicyclic amines) is 1. The molecule has 2 aromatic rings. The average molecular weight is 308 g/mol. The molecule has 4 nitrogen and oxygen atoms in total. The number of hydrogen-bond acceptors (Lipinski definition) is 4. The molecular weight excluding hydrogens is 288 g/mol. The number of carbonyl (C=O) groups excluding carboxylic acids is 1. The van der Waals surface area contributed by atoms with Crippen LogP contribution in [0.3, 0.4) is 0 Å². The van der Waals surface area contributed by atoms with Gasteiger partial charge >= 0.3 is 5.97 Å². The van der Waals surface area contributed by atoms with E-state index in [1.807, 2.05) is 25.1 Å². The molecule has 0 N–H and O–H groups in total. The zero-order valence-corrected chi connectivity index (χ0v) is 13.3. The number of carbonyl (C=O) groups is 1. The quantitative estimate of drug-likeness (QED) is 0.800. The van der Waals surface area contributed by atoms with Crippen molar-refractivity contribution in [1.29, 1.82) is 0 Å². The topological polar surface area (TPSA) is 42.4 Å². The highest BCUT2D eigenvalue weighted by atomic mass is 16.6. The number of hydrogen-bond donors (Lipinski definition) is 0. The Balaban J connectivity index is 1.51. The van der Waals surface area contributed by atoms with E-state index in [-0.39, 0.29) is 5.97 Å². The minimum Gasteiger partial charge on any atom is -0.449 e. The third-order valence-electron chi connectivity index (χ3n) is 4.92. The standard InChI is InChI=1S/C19H20N2O2/c1-14-7-8-16-17(20-14)18(22)23-19(16)9-11-21(12-10-19)13-15-5-3-2-4-6-15/h2-8H,9-13H2,1H3. The monoisotopic (exact) mass is 308 g/mol. The predicted octanol–water partition coefficient (Wildman–Crippen LogP) is 3.05. The summed E-state index contributed by atoms with van der Waals surface area (Å²) in [5, 5.41) is 0. The second-order valence-electron chi connectivity index (χ2n) is 6.49. The first-order valence-corrected chi connectivity index (χ1v) is 8.14. The van der Waals surface area contributed by atoms with Crippen LogP contribution in [-0.2, 0) is 16.9 Å². The molecule has 1 saturated heterocycles. The molecule has 1 aromatic heterocycles. The first kappa shape index (κ1) is 14.4. The maximum atomic E-state index is 12.2. The molecule has 0 bridgehead atoms. The van der Waals surface area contributed by atoms with E-state index in [0.29, 0.717) is 5.69 Å². The van der Waals surface area contributed by atoms with Gasteiger partial charge in [0.05, 0.1) is 0 Å².